The largest absolute Gasteiger partial charge is 0.508 e. The molecule has 1 rings (SSSR count). The van der Waals surface area contributed by atoms with Crippen LogP contribution in [0, 0.1) is 0 Å². The van der Waals surface area contributed by atoms with Crippen molar-refractivity contribution in [2.24, 2.45) is 5.73 Å². The van der Waals surface area contributed by atoms with E-state index in [1.165, 1.54) is 12.1 Å². The monoisotopic (exact) mass is 154 g/mol. The molecule has 1 aromatic carbocycles. The highest BCUT2D eigenvalue weighted by Crippen LogP contribution is 2.12. The van der Waals surface area contributed by atoms with Crippen LogP contribution in [0.2, 0.25) is 0 Å². The summed E-state index contributed by atoms with van der Waals surface area (Å²) in [6.45, 7) is 0. The van der Waals surface area contributed by atoms with Gasteiger partial charge in [-0.15, -0.1) is 0 Å². The quantitative estimate of drug-likeness (QED) is 0.365. The lowest BCUT2D eigenvalue weighted by atomic mass is 10.2. The van der Waals surface area contributed by atoms with Crippen LogP contribution in [-0.4, -0.2) is 10.3 Å². The van der Waals surface area contributed by atoms with E-state index in [2.05, 4.69) is 0 Å². The predicted octanol–water partition coefficient (Wildman–Crippen LogP) is 0.328. The fraction of sp³-hybridized carbons (Fsp3) is 0.143. The van der Waals surface area contributed by atoms with Gasteiger partial charge in [-0.1, -0.05) is 12.1 Å². The Morgan fingerprint density at radius 3 is 2.27 bits per heavy atom. The second-order valence-corrected chi connectivity index (χ2v) is 2.20. The minimum atomic E-state index is -0.601. The number of rotatable bonds is 2. The molecule has 1 atom stereocenters. The van der Waals surface area contributed by atoms with E-state index in [4.69, 9.17) is 16.0 Å². The summed E-state index contributed by atoms with van der Waals surface area (Å²) < 4.78 is 0. The summed E-state index contributed by atoms with van der Waals surface area (Å²) in [6, 6.07) is 6.27. The van der Waals surface area contributed by atoms with Crippen molar-refractivity contribution in [3.63, 3.8) is 0 Å². The van der Waals surface area contributed by atoms with Crippen molar-refractivity contribution in [1.82, 2.24) is 5.48 Å². The van der Waals surface area contributed by atoms with Crippen LogP contribution in [0.1, 0.15) is 11.7 Å². The second kappa shape index (κ2) is 3.34. The predicted molar refractivity (Wildman–Crippen MR) is 40.0 cm³/mol. The van der Waals surface area contributed by atoms with Gasteiger partial charge < -0.3 is 16.0 Å². The first-order chi connectivity index (χ1) is 5.24. The Balaban J connectivity index is 2.81. The van der Waals surface area contributed by atoms with Gasteiger partial charge in [0.25, 0.3) is 0 Å². The SMILES string of the molecule is NC(NO)c1ccc(O)cc1. The summed E-state index contributed by atoms with van der Waals surface area (Å²) in [6.07, 6.45) is -0.601. The molecule has 0 aliphatic carbocycles. The van der Waals surface area contributed by atoms with Crippen molar-refractivity contribution in [2.45, 2.75) is 6.17 Å². The maximum Gasteiger partial charge on any atom is 0.115 e. The van der Waals surface area contributed by atoms with Crippen molar-refractivity contribution in [2.75, 3.05) is 0 Å². The molecule has 0 spiro atoms. The molecule has 0 saturated heterocycles. The molecule has 0 heterocycles. The highest BCUT2D eigenvalue weighted by Gasteiger charge is 2.01. The second-order valence-electron chi connectivity index (χ2n) is 2.20. The van der Waals surface area contributed by atoms with Crippen LogP contribution in [-0.2, 0) is 0 Å². The lowest BCUT2D eigenvalue weighted by molar-refractivity contribution is 0.128. The summed E-state index contributed by atoms with van der Waals surface area (Å²) in [7, 11) is 0. The maximum absolute atomic E-state index is 8.89. The van der Waals surface area contributed by atoms with E-state index >= 15 is 0 Å². The Labute approximate surface area is 64.2 Å². The van der Waals surface area contributed by atoms with Gasteiger partial charge in [-0.25, -0.2) is 0 Å². The standard InChI is InChI=1S/C7H10N2O2/c8-7(9-11)5-1-3-6(10)4-2-5/h1-4,7,9-11H,8H2. The number of hydrogen-bond donors (Lipinski definition) is 4. The van der Waals surface area contributed by atoms with Gasteiger partial charge in [-0.05, 0) is 17.7 Å². The molecule has 11 heavy (non-hydrogen) atoms. The van der Waals surface area contributed by atoms with Crippen LogP contribution >= 0.6 is 0 Å². The zero-order chi connectivity index (χ0) is 8.27. The van der Waals surface area contributed by atoms with Gasteiger partial charge >= 0.3 is 0 Å². The van der Waals surface area contributed by atoms with Crippen molar-refractivity contribution in [1.29, 1.82) is 0 Å². The molecule has 1 unspecified atom stereocenters. The van der Waals surface area contributed by atoms with E-state index in [0.717, 1.165) is 0 Å². The normalized spacial score (nSPS) is 12.9. The summed E-state index contributed by atoms with van der Waals surface area (Å²) in [5.74, 6) is 0.180. The van der Waals surface area contributed by atoms with Crippen molar-refractivity contribution in [3.8, 4) is 5.75 Å². The van der Waals surface area contributed by atoms with Crippen LogP contribution in [0.5, 0.6) is 5.75 Å². The van der Waals surface area contributed by atoms with Crippen LogP contribution in [0.3, 0.4) is 0 Å². The summed E-state index contributed by atoms with van der Waals surface area (Å²) >= 11 is 0. The first-order valence-corrected chi connectivity index (χ1v) is 3.18. The molecule has 0 saturated carbocycles. The Hall–Kier alpha value is -1.10. The number of aromatic hydroxyl groups is 1. The van der Waals surface area contributed by atoms with Crippen molar-refractivity contribution < 1.29 is 10.3 Å². The lowest BCUT2D eigenvalue weighted by Crippen LogP contribution is -2.25. The lowest BCUT2D eigenvalue weighted by Gasteiger charge is -2.08. The fourth-order valence-electron chi connectivity index (χ4n) is 0.756. The summed E-state index contributed by atoms with van der Waals surface area (Å²) in [4.78, 5) is 0. The third kappa shape index (κ3) is 1.91. The average Bonchev–Trinajstić information content (AvgIpc) is 2.05. The van der Waals surface area contributed by atoms with E-state index in [1.54, 1.807) is 12.1 Å². The first-order valence-electron chi connectivity index (χ1n) is 3.18. The molecule has 0 amide bonds. The molecule has 1 aromatic rings. The highest BCUT2D eigenvalue weighted by atomic mass is 16.5. The summed E-state index contributed by atoms with van der Waals surface area (Å²) in [5, 5.41) is 17.3. The minimum absolute atomic E-state index is 0.180. The molecule has 4 heteroatoms. The van der Waals surface area contributed by atoms with Crippen molar-refractivity contribution >= 4 is 0 Å². The van der Waals surface area contributed by atoms with Crippen LogP contribution in [0.15, 0.2) is 24.3 Å². The van der Waals surface area contributed by atoms with Gasteiger partial charge in [0, 0.05) is 0 Å². The third-order valence-electron chi connectivity index (χ3n) is 1.39. The number of benzene rings is 1. The van der Waals surface area contributed by atoms with E-state index in [9.17, 15) is 0 Å². The number of nitrogens with two attached hydrogens (primary N) is 1. The molecule has 5 N–H and O–H groups in total. The molecule has 4 nitrogen and oxygen atoms in total. The maximum atomic E-state index is 8.89. The van der Waals surface area contributed by atoms with Crippen LogP contribution in [0.25, 0.3) is 0 Å². The van der Waals surface area contributed by atoms with E-state index in [1.807, 2.05) is 5.48 Å². The molecule has 60 valence electrons. The number of phenolic OH excluding ortho intramolecular Hbond substituents is 1. The Kier molecular flexibility index (Phi) is 2.43. The zero-order valence-corrected chi connectivity index (χ0v) is 5.86. The van der Waals surface area contributed by atoms with E-state index in [-0.39, 0.29) is 5.75 Å². The molecule has 0 radical (unpaired) electrons. The molecular weight excluding hydrogens is 144 g/mol. The Bertz CT molecular complexity index is 222. The minimum Gasteiger partial charge on any atom is -0.508 e. The Morgan fingerprint density at radius 1 is 1.27 bits per heavy atom. The Morgan fingerprint density at radius 2 is 1.82 bits per heavy atom. The van der Waals surface area contributed by atoms with Crippen LogP contribution in [0.4, 0.5) is 0 Å². The van der Waals surface area contributed by atoms with Gasteiger partial charge in [0.1, 0.15) is 11.9 Å². The number of hydrogen-bond acceptors (Lipinski definition) is 4. The molecular formula is C7H10N2O2. The van der Waals surface area contributed by atoms with Gasteiger partial charge in [0.15, 0.2) is 0 Å². The van der Waals surface area contributed by atoms with Gasteiger partial charge in [-0.2, -0.15) is 5.48 Å². The third-order valence-corrected chi connectivity index (χ3v) is 1.39. The van der Waals surface area contributed by atoms with E-state index in [0.29, 0.717) is 5.56 Å². The molecule has 0 aromatic heterocycles. The highest BCUT2D eigenvalue weighted by molar-refractivity contribution is 5.27. The van der Waals surface area contributed by atoms with Crippen LogP contribution < -0.4 is 11.2 Å². The number of phenols is 1. The topological polar surface area (TPSA) is 78.5 Å². The van der Waals surface area contributed by atoms with Gasteiger partial charge in [0.05, 0.1) is 0 Å². The smallest absolute Gasteiger partial charge is 0.115 e. The van der Waals surface area contributed by atoms with Gasteiger partial charge in [0.2, 0.25) is 0 Å². The fourth-order valence-corrected chi connectivity index (χ4v) is 0.756. The molecule has 0 fully saturated rings. The molecule has 0 aliphatic heterocycles. The number of nitrogens with one attached hydrogen (secondary N) is 1. The van der Waals surface area contributed by atoms with E-state index < -0.39 is 6.17 Å². The zero-order valence-electron chi connectivity index (χ0n) is 5.86. The first kappa shape index (κ1) is 8.00. The van der Waals surface area contributed by atoms with Crippen molar-refractivity contribution in [3.05, 3.63) is 29.8 Å². The molecule has 0 aliphatic rings. The number of hydroxylamine groups is 1. The molecule has 0 bridgehead atoms. The average molecular weight is 154 g/mol. The van der Waals surface area contributed by atoms with Gasteiger partial charge in [-0.3, -0.25) is 0 Å². The summed E-state index contributed by atoms with van der Waals surface area (Å²) in [5.41, 5.74) is 8.01.